The van der Waals surface area contributed by atoms with E-state index < -0.39 is 32.5 Å². The highest BCUT2D eigenvalue weighted by Gasteiger charge is 2.26. The van der Waals surface area contributed by atoms with Gasteiger partial charge in [0.15, 0.2) is 11.9 Å². The van der Waals surface area contributed by atoms with E-state index in [-0.39, 0.29) is 38.4 Å². The number of unbranched alkanes of at least 4 members (excludes halogenated alkanes) is 18. The number of rotatable bonds is 38. The van der Waals surface area contributed by atoms with Gasteiger partial charge in [-0.05, 0) is 63.9 Å². The van der Waals surface area contributed by atoms with Crippen LogP contribution in [0.5, 0.6) is 0 Å². The molecule has 302 valence electrons. The lowest BCUT2D eigenvalue weighted by molar-refractivity contribution is -0.161. The van der Waals surface area contributed by atoms with Crippen molar-refractivity contribution in [3.05, 3.63) is 36.5 Å². The van der Waals surface area contributed by atoms with Gasteiger partial charge in [-0.15, -0.1) is 0 Å². The smallest absolute Gasteiger partial charge is 0.462 e. The quantitative estimate of drug-likeness (QED) is 0.0155. The van der Waals surface area contributed by atoms with Crippen molar-refractivity contribution in [1.29, 1.82) is 0 Å². The van der Waals surface area contributed by atoms with Crippen molar-refractivity contribution in [3.8, 4) is 0 Å². The lowest BCUT2D eigenvalue weighted by Gasteiger charge is -2.19. The van der Waals surface area contributed by atoms with Crippen molar-refractivity contribution in [2.24, 2.45) is 5.73 Å². The number of hydrogen-bond acceptors (Lipinski definition) is 9. The standard InChI is InChI=1S/C41H74NO9P/c1-3-5-7-8-9-10-11-12-13-14-15-18-21-24-28-32-40(44)48-36-39(37-50-52(46,47)49-35-34-42)51-41(45)33-29-25-22-19-16-17-20-23-27-31-38(43)30-26-6-4-2/h12-13,20,23,27,31,39H,3-11,14-19,21-22,24-26,28-30,32-37,42H2,1-2H3,(H,46,47)/b13-12-,23-20-,31-27+/t39-/m1/s1. The molecule has 0 aromatic heterocycles. The zero-order chi connectivity index (χ0) is 38.4. The fourth-order valence-corrected chi connectivity index (χ4v) is 6.14. The Balaban J connectivity index is 4.27. The number of phosphoric acid groups is 1. The molecule has 0 amide bonds. The number of carbonyl (C=O) groups excluding carboxylic acids is 3. The second-order valence-electron chi connectivity index (χ2n) is 13.5. The summed E-state index contributed by atoms with van der Waals surface area (Å²) in [7, 11) is -4.40. The van der Waals surface area contributed by atoms with E-state index in [0.717, 1.165) is 83.5 Å². The van der Waals surface area contributed by atoms with Crippen molar-refractivity contribution in [2.45, 2.75) is 180 Å². The van der Waals surface area contributed by atoms with Crippen LogP contribution in [0, 0.1) is 0 Å². The maximum atomic E-state index is 12.5. The molecule has 1 unspecified atom stereocenters. The Hall–Kier alpha value is -2.10. The maximum Gasteiger partial charge on any atom is 0.472 e. The molecule has 0 spiro atoms. The average Bonchev–Trinajstić information content (AvgIpc) is 3.12. The second-order valence-corrected chi connectivity index (χ2v) is 15.0. The van der Waals surface area contributed by atoms with Crippen molar-refractivity contribution in [3.63, 3.8) is 0 Å². The Bertz CT molecular complexity index is 1010. The molecule has 0 aromatic carbocycles. The largest absolute Gasteiger partial charge is 0.472 e. The fourth-order valence-electron chi connectivity index (χ4n) is 5.37. The molecule has 11 heteroatoms. The number of carbonyl (C=O) groups is 3. The van der Waals surface area contributed by atoms with Crippen LogP contribution < -0.4 is 5.73 Å². The minimum Gasteiger partial charge on any atom is -0.462 e. The van der Waals surface area contributed by atoms with Crippen LogP contribution in [0.25, 0.3) is 0 Å². The maximum absolute atomic E-state index is 12.5. The number of nitrogens with two attached hydrogens (primary N) is 1. The first-order chi connectivity index (χ1) is 25.2. The first-order valence-corrected chi connectivity index (χ1v) is 21.9. The third-order valence-electron chi connectivity index (χ3n) is 8.47. The summed E-state index contributed by atoms with van der Waals surface area (Å²) >= 11 is 0. The zero-order valence-corrected chi connectivity index (χ0v) is 33.7. The van der Waals surface area contributed by atoms with Crippen molar-refractivity contribution in [1.82, 2.24) is 0 Å². The molecule has 0 heterocycles. The topological polar surface area (TPSA) is 151 Å². The normalized spacial score (nSPS) is 13.6. The van der Waals surface area contributed by atoms with Crippen LogP contribution in [0.15, 0.2) is 36.5 Å². The van der Waals surface area contributed by atoms with Crippen LogP contribution >= 0.6 is 7.82 Å². The van der Waals surface area contributed by atoms with E-state index in [1.807, 2.05) is 12.2 Å². The predicted molar refractivity (Wildman–Crippen MR) is 211 cm³/mol. The van der Waals surface area contributed by atoms with Crippen LogP contribution in [0.3, 0.4) is 0 Å². The molecule has 0 aromatic rings. The lowest BCUT2D eigenvalue weighted by atomic mass is 10.1. The summed E-state index contributed by atoms with van der Waals surface area (Å²) < 4.78 is 32.6. The third kappa shape index (κ3) is 36.3. The van der Waals surface area contributed by atoms with Gasteiger partial charge in [-0.1, -0.05) is 128 Å². The van der Waals surface area contributed by atoms with Crippen molar-refractivity contribution < 1.29 is 42.4 Å². The molecule has 0 rings (SSSR count). The van der Waals surface area contributed by atoms with Crippen molar-refractivity contribution in [2.75, 3.05) is 26.4 Å². The summed E-state index contributed by atoms with van der Waals surface area (Å²) in [5, 5.41) is 0. The van der Waals surface area contributed by atoms with E-state index in [2.05, 4.69) is 32.1 Å². The number of hydrogen-bond donors (Lipinski definition) is 2. The Morgan fingerprint density at radius 1 is 0.615 bits per heavy atom. The van der Waals surface area contributed by atoms with Crippen LogP contribution in [0.4, 0.5) is 0 Å². The Morgan fingerprint density at radius 2 is 1.12 bits per heavy atom. The van der Waals surface area contributed by atoms with E-state index in [1.165, 1.54) is 44.9 Å². The Labute approximate surface area is 316 Å². The molecule has 0 aliphatic carbocycles. The SMILES string of the molecule is CCCCCCCC/C=C\CCCCCCCC(=O)OC[C@H](COP(=O)(O)OCCN)OC(=O)CCCCCCC/C=C\C=C\C(=O)CCCCC. The van der Waals surface area contributed by atoms with Crippen LogP contribution in [0.1, 0.15) is 174 Å². The predicted octanol–water partition coefficient (Wildman–Crippen LogP) is 10.6. The van der Waals surface area contributed by atoms with Gasteiger partial charge in [-0.2, -0.15) is 0 Å². The Kier molecular flexibility index (Phi) is 35.7. The molecule has 10 nitrogen and oxygen atoms in total. The molecule has 0 aliphatic heterocycles. The molecule has 0 saturated carbocycles. The third-order valence-corrected chi connectivity index (χ3v) is 9.46. The first-order valence-electron chi connectivity index (χ1n) is 20.4. The van der Waals surface area contributed by atoms with Gasteiger partial charge < -0.3 is 20.1 Å². The van der Waals surface area contributed by atoms with E-state index in [4.69, 9.17) is 24.3 Å². The highest BCUT2D eigenvalue weighted by Crippen LogP contribution is 2.43. The van der Waals surface area contributed by atoms with Gasteiger partial charge in [0, 0.05) is 25.8 Å². The van der Waals surface area contributed by atoms with Gasteiger partial charge in [0.2, 0.25) is 0 Å². The van der Waals surface area contributed by atoms with Crippen LogP contribution in [0.2, 0.25) is 0 Å². The van der Waals surface area contributed by atoms with E-state index in [9.17, 15) is 23.8 Å². The fraction of sp³-hybridized carbons (Fsp3) is 0.780. The molecule has 52 heavy (non-hydrogen) atoms. The van der Waals surface area contributed by atoms with Gasteiger partial charge in [0.25, 0.3) is 0 Å². The van der Waals surface area contributed by atoms with Gasteiger partial charge in [-0.25, -0.2) is 4.57 Å². The van der Waals surface area contributed by atoms with Crippen molar-refractivity contribution >= 4 is 25.5 Å². The minimum absolute atomic E-state index is 0.0375. The van der Waals surface area contributed by atoms with Gasteiger partial charge in [-0.3, -0.25) is 23.4 Å². The number of allylic oxidation sites excluding steroid dienone is 6. The summed E-state index contributed by atoms with van der Waals surface area (Å²) in [6.45, 7) is 3.50. The van der Waals surface area contributed by atoms with E-state index in [0.29, 0.717) is 19.3 Å². The molecular formula is C41H74NO9P. The number of ether oxygens (including phenoxy) is 2. The average molecular weight is 756 g/mol. The molecule has 0 fully saturated rings. The zero-order valence-electron chi connectivity index (χ0n) is 32.8. The highest BCUT2D eigenvalue weighted by atomic mass is 31.2. The molecule has 0 radical (unpaired) electrons. The number of phosphoric ester groups is 1. The highest BCUT2D eigenvalue weighted by molar-refractivity contribution is 7.47. The summed E-state index contributed by atoms with van der Waals surface area (Å²) in [4.78, 5) is 46.5. The van der Waals surface area contributed by atoms with E-state index in [1.54, 1.807) is 6.08 Å². The molecule has 0 aliphatic rings. The summed E-state index contributed by atoms with van der Waals surface area (Å²) in [6, 6.07) is 0. The molecular weight excluding hydrogens is 681 g/mol. The molecule has 3 N–H and O–H groups in total. The first kappa shape index (κ1) is 49.9. The Morgan fingerprint density at radius 3 is 1.71 bits per heavy atom. The van der Waals surface area contributed by atoms with Gasteiger partial charge in [0.05, 0.1) is 13.2 Å². The van der Waals surface area contributed by atoms with E-state index >= 15 is 0 Å². The minimum atomic E-state index is -4.40. The number of esters is 2. The molecule has 0 saturated heterocycles. The molecule has 0 bridgehead atoms. The summed E-state index contributed by atoms with van der Waals surface area (Å²) in [6.07, 6.45) is 35.8. The molecule has 2 atom stereocenters. The summed E-state index contributed by atoms with van der Waals surface area (Å²) in [5.74, 6) is -0.728. The van der Waals surface area contributed by atoms with Crippen LogP contribution in [-0.2, 0) is 37.5 Å². The van der Waals surface area contributed by atoms with Gasteiger partial charge in [0.1, 0.15) is 6.61 Å². The second kappa shape index (κ2) is 37.2. The van der Waals surface area contributed by atoms with Gasteiger partial charge >= 0.3 is 19.8 Å². The summed E-state index contributed by atoms with van der Waals surface area (Å²) in [5.41, 5.74) is 5.33. The van der Waals surface area contributed by atoms with Crippen LogP contribution in [-0.4, -0.2) is 55.1 Å². The lowest BCUT2D eigenvalue weighted by Crippen LogP contribution is -2.29. The monoisotopic (exact) mass is 756 g/mol. The number of ketones is 1.